The maximum Gasteiger partial charge on any atom is 0.463 e. The Labute approximate surface area is 221 Å². The minimum atomic E-state index is -1.00. The van der Waals surface area contributed by atoms with Gasteiger partial charge in [-0.05, 0) is 54.8 Å². The van der Waals surface area contributed by atoms with Crippen LogP contribution in [-0.2, 0) is 23.7 Å². The number of ether oxygens (including phenoxy) is 1. The van der Waals surface area contributed by atoms with Crippen molar-refractivity contribution in [3.05, 3.63) is 11.1 Å². The van der Waals surface area contributed by atoms with Gasteiger partial charge in [-0.3, -0.25) is 4.79 Å². The van der Waals surface area contributed by atoms with Gasteiger partial charge in [0.2, 0.25) is 5.60 Å². The number of carbonyl (C=O) groups excluding carboxylic acids is 1. The lowest BCUT2D eigenvalue weighted by Gasteiger charge is -2.52. The predicted octanol–water partition coefficient (Wildman–Crippen LogP) is 4.67. The molecule has 10 heteroatoms. The summed E-state index contributed by atoms with van der Waals surface area (Å²) in [6.07, 6.45) is 5.86. The van der Waals surface area contributed by atoms with Gasteiger partial charge in [0.05, 0.1) is 24.3 Å². The predicted molar refractivity (Wildman–Crippen MR) is 144 cm³/mol. The van der Waals surface area contributed by atoms with E-state index < -0.39 is 5.60 Å². The molecule has 0 aromatic carbocycles. The summed E-state index contributed by atoms with van der Waals surface area (Å²) in [6.45, 7) is 14.3. The first-order chi connectivity index (χ1) is 17.2. The van der Waals surface area contributed by atoms with Gasteiger partial charge in [-0.25, -0.2) is 0 Å². The molecule has 1 saturated carbocycles. The van der Waals surface area contributed by atoms with Crippen molar-refractivity contribution < 1.29 is 23.7 Å². The molecular formula is C26H44BN3O5S. The highest BCUT2D eigenvalue weighted by atomic mass is 32.2. The second-order valence-corrected chi connectivity index (χ2v) is 12.6. The molecule has 1 amide bonds. The summed E-state index contributed by atoms with van der Waals surface area (Å²) in [6, 6.07) is 0. The van der Waals surface area contributed by atoms with E-state index in [9.17, 15) is 4.79 Å². The molecule has 2 fully saturated rings. The zero-order chi connectivity index (χ0) is 25.9. The Kier molecular flexibility index (Phi) is 9.01. The molecule has 0 aromatic heterocycles. The van der Waals surface area contributed by atoms with E-state index in [4.69, 9.17) is 18.9 Å². The summed E-state index contributed by atoms with van der Waals surface area (Å²) in [5.74, 6) is 1.72. The van der Waals surface area contributed by atoms with Gasteiger partial charge in [-0.2, -0.15) is 0 Å². The highest BCUT2D eigenvalue weighted by Crippen LogP contribution is 2.53. The second kappa shape index (κ2) is 11.7. The van der Waals surface area contributed by atoms with Crippen molar-refractivity contribution in [3.63, 3.8) is 0 Å². The molecule has 0 bridgehead atoms. The van der Waals surface area contributed by atoms with E-state index >= 15 is 0 Å². The van der Waals surface area contributed by atoms with Crippen molar-refractivity contribution in [2.45, 2.75) is 103 Å². The zero-order valence-electron chi connectivity index (χ0n) is 22.8. The van der Waals surface area contributed by atoms with Crippen molar-refractivity contribution in [2.24, 2.45) is 22.4 Å². The normalized spacial score (nSPS) is 34.7. The van der Waals surface area contributed by atoms with Gasteiger partial charge in [-0.1, -0.05) is 46.7 Å². The molecule has 2 N–H and O–H groups in total. The number of rotatable bonds is 13. The van der Waals surface area contributed by atoms with Gasteiger partial charge in [0.1, 0.15) is 6.73 Å². The molecule has 1 saturated heterocycles. The number of hydrogen-bond donors (Lipinski definition) is 2. The third kappa shape index (κ3) is 5.92. The third-order valence-corrected chi connectivity index (χ3v) is 10.2. The van der Waals surface area contributed by atoms with Crippen molar-refractivity contribution in [1.29, 1.82) is 0 Å². The van der Waals surface area contributed by atoms with Gasteiger partial charge in [0, 0.05) is 24.0 Å². The highest BCUT2D eigenvalue weighted by molar-refractivity contribution is 8.02. The molecule has 4 aliphatic rings. The fourth-order valence-corrected chi connectivity index (χ4v) is 6.47. The van der Waals surface area contributed by atoms with Crippen LogP contribution in [0.2, 0.25) is 5.82 Å². The molecule has 8 nitrogen and oxygen atoms in total. The first-order valence-corrected chi connectivity index (χ1v) is 14.6. The fraction of sp³-hybridized carbons (Fsp3) is 0.846. The Hall–Kier alpha value is -1.23. The average molecular weight is 522 g/mol. The summed E-state index contributed by atoms with van der Waals surface area (Å²) in [5, 5.41) is 13.0. The van der Waals surface area contributed by atoms with Crippen LogP contribution in [0.1, 0.15) is 80.1 Å². The van der Waals surface area contributed by atoms with E-state index in [1.165, 1.54) is 12.8 Å². The second-order valence-electron chi connectivity index (χ2n) is 11.5. The Morgan fingerprint density at radius 3 is 2.75 bits per heavy atom. The minimum Gasteiger partial charge on any atom is -0.408 e. The third-order valence-electron chi connectivity index (χ3n) is 9.01. The molecule has 4 unspecified atom stereocenters. The number of thioether (sulfide) groups is 1. The van der Waals surface area contributed by atoms with Gasteiger partial charge in [0.15, 0.2) is 0 Å². The van der Waals surface area contributed by atoms with E-state index in [0.29, 0.717) is 42.7 Å². The van der Waals surface area contributed by atoms with Gasteiger partial charge >= 0.3 is 7.12 Å². The molecule has 1 aliphatic carbocycles. The quantitative estimate of drug-likeness (QED) is 0.269. The smallest absolute Gasteiger partial charge is 0.408 e. The van der Waals surface area contributed by atoms with Crippen LogP contribution in [0, 0.1) is 17.3 Å². The van der Waals surface area contributed by atoms with Crippen LogP contribution < -0.4 is 10.6 Å². The largest absolute Gasteiger partial charge is 0.463 e. The van der Waals surface area contributed by atoms with Crippen LogP contribution in [0.5, 0.6) is 0 Å². The summed E-state index contributed by atoms with van der Waals surface area (Å²) < 4.78 is 17.6. The van der Waals surface area contributed by atoms with Crippen LogP contribution in [-0.4, -0.2) is 55.8 Å². The SMILES string of the molecule is CCC1NC(COCC2=NOC(CC)(C(=O)NCOB3O[C@H](CCC4C[C@@H](C)C4(C)C)C3C)C2)=CS1. The molecule has 36 heavy (non-hydrogen) atoms. The number of nitrogens with zero attached hydrogens (tertiary/aromatic N) is 1. The molecule has 202 valence electrons. The first-order valence-electron chi connectivity index (χ1n) is 13.7. The lowest BCUT2D eigenvalue weighted by molar-refractivity contribution is -0.145. The molecule has 0 spiro atoms. The zero-order valence-corrected chi connectivity index (χ0v) is 23.6. The Morgan fingerprint density at radius 2 is 2.11 bits per heavy atom. The monoisotopic (exact) mass is 521 g/mol. The van der Waals surface area contributed by atoms with Crippen molar-refractivity contribution in [3.8, 4) is 0 Å². The van der Waals surface area contributed by atoms with E-state index in [-0.39, 0.29) is 25.9 Å². The molecular weight excluding hydrogens is 477 g/mol. The van der Waals surface area contributed by atoms with E-state index in [1.807, 2.05) is 6.92 Å². The maximum atomic E-state index is 12.9. The topological polar surface area (TPSA) is 90.4 Å². The van der Waals surface area contributed by atoms with Crippen LogP contribution in [0.3, 0.4) is 0 Å². The van der Waals surface area contributed by atoms with Gasteiger partial charge in [-0.15, -0.1) is 11.8 Å². The molecule has 3 heterocycles. The van der Waals surface area contributed by atoms with Crippen LogP contribution in [0.15, 0.2) is 16.3 Å². The molecule has 3 aliphatic heterocycles. The minimum absolute atomic E-state index is 0.0980. The number of oxime groups is 1. The molecule has 6 atom stereocenters. The standard InChI is InChI=1S/C26H44BN3O5S/c1-7-23-29-21(15-36-23)14-32-13-20-12-26(8-2,35-30-20)24(31)28-16-33-27-18(4)22(34-27)10-9-19-11-17(3)25(19,5)6/h15,17-19,22-23,29H,7-14,16H2,1-6H3,(H,28,31)/t17-,18?,19?,22-,23?,26?/m1/s1. The maximum absolute atomic E-state index is 12.9. The number of nitrogens with one attached hydrogen (secondary N) is 2. The number of hydrogen-bond acceptors (Lipinski definition) is 8. The fourth-order valence-electron chi connectivity index (χ4n) is 5.60. The summed E-state index contributed by atoms with van der Waals surface area (Å²) >= 11 is 1.78. The van der Waals surface area contributed by atoms with Gasteiger partial charge < -0.3 is 29.5 Å². The Morgan fingerprint density at radius 1 is 1.31 bits per heavy atom. The molecule has 0 radical (unpaired) electrons. The lowest BCUT2D eigenvalue weighted by Crippen LogP contribution is -2.53. The van der Waals surface area contributed by atoms with Crippen LogP contribution >= 0.6 is 11.8 Å². The van der Waals surface area contributed by atoms with Crippen molar-refractivity contribution >= 4 is 30.5 Å². The number of amides is 1. The van der Waals surface area contributed by atoms with Crippen molar-refractivity contribution in [1.82, 2.24) is 10.6 Å². The van der Waals surface area contributed by atoms with Crippen molar-refractivity contribution in [2.75, 3.05) is 19.9 Å². The van der Waals surface area contributed by atoms with E-state index in [2.05, 4.69) is 55.8 Å². The number of carbonyl (C=O) groups is 1. The Balaban J connectivity index is 1.11. The summed E-state index contributed by atoms with van der Waals surface area (Å²) in [4.78, 5) is 18.6. The van der Waals surface area contributed by atoms with E-state index in [1.54, 1.807) is 11.8 Å². The van der Waals surface area contributed by atoms with E-state index in [0.717, 1.165) is 36.1 Å². The van der Waals surface area contributed by atoms with Crippen LogP contribution in [0.4, 0.5) is 0 Å². The summed E-state index contributed by atoms with van der Waals surface area (Å²) in [7, 11) is -0.269. The summed E-state index contributed by atoms with van der Waals surface area (Å²) in [5.41, 5.74) is 1.27. The highest BCUT2D eigenvalue weighted by Gasteiger charge is 2.49. The molecule has 4 rings (SSSR count). The molecule has 0 aromatic rings. The average Bonchev–Trinajstić information content (AvgIpc) is 3.51. The first kappa shape index (κ1) is 27.8. The lowest BCUT2D eigenvalue weighted by atomic mass is 9.53. The van der Waals surface area contributed by atoms with Gasteiger partial charge in [0.25, 0.3) is 5.91 Å². The Bertz CT molecular complexity index is 855. The van der Waals surface area contributed by atoms with Crippen LogP contribution in [0.25, 0.3) is 0 Å².